The molecule has 0 spiro atoms. The molecule has 2 heteroatoms. The van der Waals surface area contributed by atoms with Crippen LogP contribution in [-0.4, -0.2) is 10.8 Å². The van der Waals surface area contributed by atoms with Crippen LogP contribution in [0.2, 0.25) is 0 Å². The van der Waals surface area contributed by atoms with Gasteiger partial charge in [-0.05, 0) is 17.4 Å². The molecular formula is C22H23NO. The van der Waals surface area contributed by atoms with E-state index in [0.29, 0.717) is 12.8 Å². The summed E-state index contributed by atoms with van der Waals surface area (Å²) in [5, 5.41) is 2.27. The Morgan fingerprint density at radius 2 is 1.71 bits per heavy atom. The van der Waals surface area contributed by atoms with Gasteiger partial charge in [-0.2, -0.15) is 0 Å². The van der Waals surface area contributed by atoms with Crippen molar-refractivity contribution in [3.05, 3.63) is 66.5 Å². The third-order valence-corrected chi connectivity index (χ3v) is 4.36. The number of pyridine rings is 1. The Bertz CT molecular complexity index is 824. The average molecular weight is 317 g/mol. The SMILES string of the molecule is CCCCCC(=O)Cc1ncc2ccccc2c1-c1ccccc1. The fourth-order valence-electron chi connectivity index (χ4n) is 3.11. The van der Waals surface area contributed by atoms with Gasteiger partial charge in [-0.15, -0.1) is 0 Å². The molecule has 0 atom stereocenters. The maximum absolute atomic E-state index is 12.4. The summed E-state index contributed by atoms with van der Waals surface area (Å²) >= 11 is 0. The van der Waals surface area contributed by atoms with Crippen molar-refractivity contribution < 1.29 is 4.79 Å². The Hall–Kier alpha value is -2.48. The number of hydrogen-bond donors (Lipinski definition) is 0. The molecule has 0 radical (unpaired) electrons. The lowest BCUT2D eigenvalue weighted by molar-refractivity contribution is -0.118. The topological polar surface area (TPSA) is 30.0 Å². The van der Waals surface area contributed by atoms with Crippen molar-refractivity contribution in [3.8, 4) is 11.1 Å². The summed E-state index contributed by atoms with van der Waals surface area (Å²) in [4.78, 5) is 17.0. The monoisotopic (exact) mass is 317 g/mol. The molecule has 0 saturated carbocycles. The lowest BCUT2D eigenvalue weighted by atomic mass is 9.94. The Labute approximate surface area is 143 Å². The highest BCUT2D eigenvalue weighted by molar-refractivity contribution is 5.98. The Kier molecular flexibility index (Phi) is 5.37. The van der Waals surface area contributed by atoms with Gasteiger partial charge in [0.1, 0.15) is 5.78 Å². The normalized spacial score (nSPS) is 10.9. The summed E-state index contributed by atoms with van der Waals surface area (Å²) < 4.78 is 0. The molecule has 0 aliphatic heterocycles. The van der Waals surface area contributed by atoms with E-state index in [1.165, 1.54) is 0 Å². The number of rotatable bonds is 7. The van der Waals surface area contributed by atoms with Gasteiger partial charge in [-0.3, -0.25) is 9.78 Å². The Morgan fingerprint density at radius 1 is 0.958 bits per heavy atom. The van der Waals surface area contributed by atoms with Gasteiger partial charge in [0.25, 0.3) is 0 Å². The number of ketones is 1. The van der Waals surface area contributed by atoms with E-state index in [4.69, 9.17) is 0 Å². The van der Waals surface area contributed by atoms with Crippen molar-refractivity contribution in [1.82, 2.24) is 4.98 Å². The number of nitrogens with zero attached hydrogens (tertiary/aromatic N) is 1. The highest BCUT2D eigenvalue weighted by atomic mass is 16.1. The van der Waals surface area contributed by atoms with Crippen LogP contribution < -0.4 is 0 Å². The van der Waals surface area contributed by atoms with Crippen LogP contribution in [0.5, 0.6) is 0 Å². The van der Waals surface area contributed by atoms with Gasteiger partial charge in [0.05, 0.1) is 5.69 Å². The molecule has 3 aromatic rings. The number of aromatic nitrogens is 1. The summed E-state index contributed by atoms with van der Waals surface area (Å²) in [6.45, 7) is 2.16. The van der Waals surface area contributed by atoms with Gasteiger partial charge in [0, 0.05) is 30.0 Å². The number of fused-ring (bicyclic) bond motifs is 1. The smallest absolute Gasteiger partial charge is 0.138 e. The average Bonchev–Trinajstić information content (AvgIpc) is 2.62. The molecule has 0 fully saturated rings. The number of hydrogen-bond acceptors (Lipinski definition) is 2. The number of carbonyl (C=O) groups excluding carboxylic acids is 1. The lowest BCUT2D eigenvalue weighted by Crippen LogP contribution is -2.06. The number of Topliss-reactive ketones (excluding diaryl/α,β-unsaturated/α-hetero) is 1. The van der Waals surface area contributed by atoms with Crippen LogP contribution >= 0.6 is 0 Å². The second-order valence-electron chi connectivity index (χ2n) is 6.21. The summed E-state index contributed by atoms with van der Waals surface area (Å²) in [6, 6.07) is 18.5. The van der Waals surface area contributed by atoms with E-state index in [-0.39, 0.29) is 5.78 Å². The van der Waals surface area contributed by atoms with Gasteiger partial charge in [-0.1, -0.05) is 74.4 Å². The van der Waals surface area contributed by atoms with Crippen molar-refractivity contribution in [2.24, 2.45) is 0 Å². The van der Waals surface area contributed by atoms with Gasteiger partial charge < -0.3 is 0 Å². The van der Waals surface area contributed by atoms with E-state index in [9.17, 15) is 4.79 Å². The number of carbonyl (C=O) groups is 1. The van der Waals surface area contributed by atoms with Crippen LogP contribution in [0.3, 0.4) is 0 Å². The predicted molar refractivity (Wildman–Crippen MR) is 100 cm³/mol. The first-order valence-electron chi connectivity index (χ1n) is 8.73. The molecule has 0 saturated heterocycles. The third kappa shape index (κ3) is 3.70. The summed E-state index contributed by atoms with van der Waals surface area (Å²) in [5.41, 5.74) is 3.11. The van der Waals surface area contributed by atoms with Crippen molar-refractivity contribution >= 4 is 16.6 Å². The third-order valence-electron chi connectivity index (χ3n) is 4.36. The predicted octanol–water partition coefficient (Wildman–Crippen LogP) is 5.59. The lowest BCUT2D eigenvalue weighted by Gasteiger charge is -2.12. The minimum Gasteiger partial charge on any atom is -0.299 e. The summed E-state index contributed by atoms with van der Waals surface area (Å²) in [7, 11) is 0. The van der Waals surface area contributed by atoms with E-state index < -0.39 is 0 Å². The molecule has 0 bridgehead atoms. The van der Waals surface area contributed by atoms with Crippen LogP contribution in [-0.2, 0) is 11.2 Å². The molecule has 0 unspecified atom stereocenters. The molecular weight excluding hydrogens is 294 g/mol. The van der Waals surface area contributed by atoms with Crippen LogP contribution in [0.15, 0.2) is 60.8 Å². The maximum atomic E-state index is 12.4. The van der Waals surface area contributed by atoms with Gasteiger partial charge in [0.15, 0.2) is 0 Å². The molecule has 3 rings (SSSR count). The van der Waals surface area contributed by atoms with E-state index in [1.807, 2.05) is 36.5 Å². The second kappa shape index (κ2) is 7.87. The van der Waals surface area contributed by atoms with Crippen molar-refractivity contribution in [2.45, 2.75) is 39.0 Å². The van der Waals surface area contributed by atoms with E-state index in [0.717, 1.165) is 46.9 Å². The number of benzene rings is 2. The van der Waals surface area contributed by atoms with E-state index in [2.05, 4.69) is 36.2 Å². The first-order chi connectivity index (χ1) is 11.8. The zero-order chi connectivity index (χ0) is 16.8. The molecule has 0 N–H and O–H groups in total. The molecule has 1 heterocycles. The summed E-state index contributed by atoms with van der Waals surface area (Å²) in [5.74, 6) is 0.281. The highest BCUT2D eigenvalue weighted by Gasteiger charge is 2.14. The molecule has 122 valence electrons. The van der Waals surface area contributed by atoms with Crippen molar-refractivity contribution in [3.63, 3.8) is 0 Å². The number of unbranched alkanes of at least 4 members (excludes halogenated alkanes) is 2. The Balaban J connectivity index is 2.00. The van der Waals surface area contributed by atoms with Gasteiger partial charge in [0.2, 0.25) is 0 Å². The molecule has 0 aliphatic rings. The van der Waals surface area contributed by atoms with Crippen molar-refractivity contribution in [2.75, 3.05) is 0 Å². The molecule has 2 nitrogen and oxygen atoms in total. The van der Waals surface area contributed by atoms with Crippen LogP contribution in [0.1, 0.15) is 38.3 Å². The molecule has 0 aliphatic carbocycles. The van der Waals surface area contributed by atoms with Gasteiger partial charge in [-0.25, -0.2) is 0 Å². The first-order valence-corrected chi connectivity index (χ1v) is 8.73. The minimum absolute atomic E-state index is 0.281. The fourth-order valence-corrected chi connectivity index (χ4v) is 3.11. The van der Waals surface area contributed by atoms with E-state index in [1.54, 1.807) is 0 Å². The molecule has 1 aromatic heterocycles. The zero-order valence-electron chi connectivity index (χ0n) is 14.2. The quantitative estimate of drug-likeness (QED) is 0.531. The summed E-state index contributed by atoms with van der Waals surface area (Å²) in [6.07, 6.45) is 6.18. The Morgan fingerprint density at radius 3 is 2.50 bits per heavy atom. The zero-order valence-corrected chi connectivity index (χ0v) is 14.2. The maximum Gasteiger partial charge on any atom is 0.138 e. The van der Waals surface area contributed by atoms with E-state index >= 15 is 0 Å². The molecule has 2 aromatic carbocycles. The molecule has 24 heavy (non-hydrogen) atoms. The van der Waals surface area contributed by atoms with Crippen molar-refractivity contribution in [1.29, 1.82) is 0 Å². The highest BCUT2D eigenvalue weighted by Crippen LogP contribution is 2.31. The van der Waals surface area contributed by atoms with Crippen LogP contribution in [0, 0.1) is 0 Å². The largest absolute Gasteiger partial charge is 0.299 e. The standard InChI is InChI=1S/C22H23NO/c1-2-3-5-13-19(24)15-21-22(17-10-6-4-7-11-17)20-14-9-8-12-18(20)16-23-21/h4,6-12,14,16H,2-3,5,13,15H2,1H3. The first kappa shape index (κ1) is 16.4. The van der Waals surface area contributed by atoms with Gasteiger partial charge >= 0.3 is 0 Å². The van der Waals surface area contributed by atoms with Crippen LogP contribution in [0.4, 0.5) is 0 Å². The fraction of sp³-hybridized carbons (Fsp3) is 0.273. The molecule has 0 amide bonds. The minimum atomic E-state index is 0.281. The second-order valence-corrected chi connectivity index (χ2v) is 6.21. The van der Waals surface area contributed by atoms with Crippen LogP contribution in [0.25, 0.3) is 21.9 Å².